The van der Waals surface area contributed by atoms with E-state index in [1.807, 2.05) is 0 Å². The first-order chi connectivity index (χ1) is 10.3. The van der Waals surface area contributed by atoms with Gasteiger partial charge in [0, 0.05) is 9.37 Å². The Hall–Kier alpha value is -1.54. The molecule has 0 radical (unpaired) electrons. The van der Waals surface area contributed by atoms with Gasteiger partial charge >= 0.3 is 5.51 Å². The van der Waals surface area contributed by atoms with E-state index in [4.69, 9.17) is 0 Å². The maximum atomic E-state index is 13.2. The second kappa shape index (κ2) is 6.70. The van der Waals surface area contributed by atoms with Gasteiger partial charge in [0.2, 0.25) is 0 Å². The third-order valence-corrected chi connectivity index (χ3v) is 4.03. The van der Waals surface area contributed by atoms with Crippen molar-refractivity contribution in [2.75, 3.05) is 5.32 Å². The Morgan fingerprint density at radius 2 is 1.82 bits per heavy atom. The molecule has 0 atom stereocenters. The van der Waals surface area contributed by atoms with Gasteiger partial charge in [-0.15, -0.1) is 0 Å². The zero-order valence-corrected chi connectivity index (χ0v) is 13.2. The summed E-state index contributed by atoms with van der Waals surface area (Å²) in [6, 6.07) is 9.03. The Balaban J connectivity index is 2.27. The highest BCUT2D eigenvalue weighted by molar-refractivity contribution is 9.10. The number of anilines is 1. The van der Waals surface area contributed by atoms with Crippen LogP contribution < -0.4 is 5.32 Å². The first-order valence-corrected chi connectivity index (χ1v) is 7.48. The highest BCUT2D eigenvalue weighted by Crippen LogP contribution is 2.40. The van der Waals surface area contributed by atoms with Gasteiger partial charge in [0.05, 0.1) is 11.3 Å². The minimum absolute atomic E-state index is 0.00554. The van der Waals surface area contributed by atoms with Gasteiger partial charge in [0.1, 0.15) is 5.82 Å². The topological polar surface area (TPSA) is 29.1 Å². The molecule has 1 N–H and O–H groups in total. The van der Waals surface area contributed by atoms with Crippen LogP contribution in [0.15, 0.2) is 51.8 Å². The van der Waals surface area contributed by atoms with Crippen molar-refractivity contribution in [3.05, 3.63) is 58.3 Å². The van der Waals surface area contributed by atoms with Gasteiger partial charge in [0.15, 0.2) is 0 Å². The summed E-state index contributed by atoms with van der Waals surface area (Å²) in [5.74, 6) is -1.33. The fraction of sp³-hybridized carbons (Fsp3) is 0.0714. The number of halogens is 5. The number of hydrogen-bond donors (Lipinski definition) is 1. The van der Waals surface area contributed by atoms with Crippen LogP contribution in [0.3, 0.4) is 0 Å². The molecule has 2 aromatic carbocycles. The van der Waals surface area contributed by atoms with Crippen LogP contribution in [0.25, 0.3) is 0 Å². The van der Waals surface area contributed by atoms with Crippen molar-refractivity contribution >= 4 is 39.3 Å². The number of rotatable bonds is 3. The maximum absolute atomic E-state index is 13.2. The number of carbonyl (C=O) groups is 1. The Labute approximate surface area is 136 Å². The van der Waals surface area contributed by atoms with E-state index in [2.05, 4.69) is 21.2 Å². The molecule has 0 heterocycles. The van der Waals surface area contributed by atoms with Gasteiger partial charge in [-0.1, -0.05) is 12.1 Å². The number of para-hydroxylation sites is 1. The molecular weight excluding hydrogens is 386 g/mol. The fourth-order valence-electron chi connectivity index (χ4n) is 1.64. The largest absolute Gasteiger partial charge is 0.446 e. The summed E-state index contributed by atoms with van der Waals surface area (Å²) in [7, 11) is 0. The van der Waals surface area contributed by atoms with Gasteiger partial charge in [-0.05, 0) is 58.0 Å². The highest BCUT2D eigenvalue weighted by Gasteiger charge is 2.30. The molecule has 0 unspecified atom stereocenters. The van der Waals surface area contributed by atoms with Crippen LogP contribution in [0.2, 0.25) is 0 Å². The molecule has 1 amide bonds. The average molecular weight is 394 g/mol. The van der Waals surface area contributed by atoms with Crippen molar-refractivity contribution in [1.29, 1.82) is 0 Å². The van der Waals surface area contributed by atoms with Gasteiger partial charge < -0.3 is 5.32 Å². The van der Waals surface area contributed by atoms with Crippen LogP contribution in [-0.2, 0) is 0 Å². The normalized spacial score (nSPS) is 11.3. The van der Waals surface area contributed by atoms with Crippen molar-refractivity contribution in [2.45, 2.75) is 10.4 Å². The maximum Gasteiger partial charge on any atom is 0.446 e. The second-order valence-electron chi connectivity index (χ2n) is 4.12. The quantitative estimate of drug-likeness (QED) is 0.554. The van der Waals surface area contributed by atoms with Crippen molar-refractivity contribution < 1.29 is 22.4 Å². The van der Waals surface area contributed by atoms with Crippen LogP contribution in [-0.4, -0.2) is 11.4 Å². The predicted molar refractivity (Wildman–Crippen MR) is 80.4 cm³/mol. The summed E-state index contributed by atoms with van der Waals surface area (Å²) < 4.78 is 51.0. The number of thioether (sulfide) groups is 1. The minimum Gasteiger partial charge on any atom is -0.321 e. The molecule has 0 aliphatic rings. The molecule has 0 bridgehead atoms. The van der Waals surface area contributed by atoms with Crippen LogP contribution in [0.4, 0.5) is 23.2 Å². The lowest BCUT2D eigenvalue weighted by atomic mass is 10.2. The summed E-state index contributed by atoms with van der Waals surface area (Å²) in [6.07, 6.45) is 0. The molecular formula is C14H8BrF4NOS. The SMILES string of the molecule is O=C(Nc1ccccc1SC(F)(F)F)c1cc(F)ccc1Br. The first-order valence-electron chi connectivity index (χ1n) is 5.87. The zero-order valence-electron chi connectivity index (χ0n) is 10.7. The minimum atomic E-state index is -4.47. The highest BCUT2D eigenvalue weighted by atomic mass is 79.9. The van der Waals surface area contributed by atoms with E-state index in [1.54, 1.807) is 0 Å². The third kappa shape index (κ3) is 4.48. The Morgan fingerprint density at radius 1 is 1.14 bits per heavy atom. The second-order valence-corrected chi connectivity index (χ2v) is 6.08. The molecule has 0 aliphatic carbocycles. The Kier molecular flexibility index (Phi) is 5.12. The van der Waals surface area contributed by atoms with E-state index < -0.39 is 17.2 Å². The number of carbonyl (C=O) groups excluding carboxylic acids is 1. The monoisotopic (exact) mass is 393 g/mol. The third-order valence-electron chi connectivity index (χ3n) is 2.53. The van der Waals surface area contributed by atoms with Crippen molar-refractivity contribution in [3.8, 4) is 0 Å². The lowest BCUT2D eigenvalue weighted by Crippen LogP contribution is -2.14. The summed E-state index contributed by atoms with van der Waals surface area (Å²) in [5, 5.41) is 2.36. The molecule has 116 valence electrons. The molecule has 2 aromatic rings. The Morgan fingerprint density at radius 3 is 2.50 bits per heavy atom. The van der Waals surface area contributed by atoms with E-state index in [0.717, 1.165) is 12.1 Å². The summed E-state index contributed by atoms with van der Waals surface area (Å²) in [5.41, 5.74) is -4.47. The molecule has 8 heteroatoms. The zero-order chi connectivity index (χ0) is 16.3. The van der Waals surface area contributed by atoms with Crippen LogP contribution in [0.1, 0.15) is 10.4 Å². The Bertz CT molecular complexity index is 705. The molecule has 0 fully saturated rings. The molecule has 22 heavy (non-hydrogen) atoms. The van der Waals surface area contributed by atoms with E-state index >= 15 is 0 Å². The van der Waals surface area contributed by atoms with Crippen LogP contribution >= 0.6 is 27.7 Å². The first kappa shape index (κ1) is 16.8. The molecule has 0 aliphatic heterocycles. The van der Waals surface area contributed by atoms with E-state index in [9.17, 15) is 22.4 Å². The van der Waals surface area contributed by atoms with Gasteiger partial charge in [-0.25, -0.2) is 4.39 Å². The molecule has 0 spiro atoms. The number of alkyl halides is 3. The van der Waals surface area contributed by atoms with Crippen molar-refractivity contribution in [3.63, 3.8) is 0 Å². The number of amides is 1. The molecule has 0 saturated carbocycles. The summed E-state index contributed by atoms with van der Waals surface area (Å²) in [6.45, 7) is 0. The standard InChI is InChI=1S/C14H8BrF4NOS/c15-10-6-5-8(16)7-9(10)13(21)20-11-3-1-2-4-12(11)22-14(17,18)19/h1-7H,(H,20,21). The van der Waals surface area contributed by atoms with Gasteiger partial charge in [-0.2, -0.15) is 13.2 Å². The molecule has 2 rings (SSSR count). The average Bonchev–Trinajstić information content (AvgIpc) is 2.42. The number of hydrogen-bond acceptors (Lipinski definition) is 2. The molecule has 2 nitrogen and oxygen atoms in total. The van der Waals surface area contributed by atoms with Crippen molar-refractivity contribution in [1.82, 2.24) is 0 Å². The molecule has 0 saturated heterocycles. The fourth-order valence-corrected chi connectivity index (χ4v) is 2.70. The van der Waals surface area contributed by atoms with E-state index in [-0.39, 0.29) is 27.9 Å². The lowest BCUT2D eigenvalue weighted by Gasteiger charge is -2.12. The van der Waals surface area contributed by atoms with Crippen LogP contribution in [0, 0.1) is 5.82 Å². The predicted octanol–water partition coefficient (Wildman–Crippen LogP) is 5.45. The van der Waals surface area contributed by atoms with Gasteiger partial charge in [0.25, 0.3) is 5.91 Å². The van der Waals surface area contributed by atoms with Crippen molar-refractivity contribution in [2.24, 2.45) is 0 Å². The number of nitrogens with one attached hydrogen (secondary N) is 1. The van der Waals surface area contributed by atoms with E-state index in [0.29, 0.717) is 4.47 Å². The summed E-state index contributed by atoms with van der Waals surface area (Å²) in [4.78, 5) is 12.0. The van der Waals surface area contributed by atoms with E-state index in [1.165, 1.54) is 30.3 Å². The number of benzene rings is 2. The van der Waals surface area contributed by atoms with Gasteiger partial charge in [-0.3, -0.25) is 4.79 Å². The molecule has 0 aromatic heterocycles. The smallest absolute Gasteiger partial charge is 0.321 e. The lowest BCUT2D eigenvalue weighted by molar-refractivity contribution is -0.0328. The van der Waals surface area contributed by atoms with Crippen LogP contribution in [0.5, 0.6) is 0 Å². The summed E-state index contributed by atoms with van der Waals surface area (Å²) >= 11 is 2.77.